The topological polar surface area (TPSA) is 26.3 Å². The molecule has 0 saturated heterocycles. The Labute approximate surface area is 105 Å². The molecule has 0 bridgehead atoms. The average molecular weight is 282 g/mol. The van der Waals surface area contributed by atoms with E-state index in [4.69, 9.17) is 0 Å². The van der Waals surface area contributed by atoms with Crippen LogP contribution in [0.15, 0.2) is 24.3 Å². The molecule has 0 radical (unpaired) electrons. The van der Waals surface area contributed by atoms with E-state index in [1.165, 1.54) is 6.92 Å². The van der Waals surface area contributed by atoms with Crippen molar-refractivity contribution >= 4 is 17.7 Å². The number of carbonyl (C=O) groups is 1. The van der Waals surface area contributed by atoms with E-state index in [0.29, 0.717) is 0 Å². The van der Waals surface area contributed by atoms with Crippen LogP contribution in [0.2, 0.25) is 0 Å². The van der Waals surface area contributed by atoms with Gasteiger partial charge in [0.2, 0.25) is 0 Å². The molecule has 0 aliphatic carbocycles. The van der Waals surface area contributed by atoms with Crippen LogP contribution in [0.4, 0.5) is 17.6 Å². The van der Waals surface area contributed by atoms with Gasteiger partial charge in [0.15, 0.2) is 0 Å². The second kappa shape index (κ2) is 6.08. The molecule has 0 aromatic heterocycles. The van der Waals surface area contributed by atoms with Gasteiger partial charge in [0.1, 0.15) is 11.1 Å². The Bertz CT molecular complexity index is 402. The van der Waals surface area contributed by atoms with Crippen molar-refractivity contribution < 1.29 is 27.1 Å². The summed E-state index contributed by atoms with van der Waals surface area (Å²) >= 11 is -0.488. The predicted molar refractivity (Wildman–Crippen MR) is 59.4 cm³/mol. The first-order valence-corrected chi connectivity index (χ1v) is 5.88. The van der Waals surface area contributed by atoms with Crippen molar-refractivity contribution in [3.8, 4) is 0 Å². The highest BCUT2D eigenvalue weighted by Gasteiger charge is 2.38. The molecule has 0 spiro atoms. The summed E-state index contributed by atoms with van der Waals surface area (Å²) in [7, 11) is 0. The van der Waals surface area contributed by atoms with Gasteiger partial charge in [-0.15, -0.1) is 0 Å². The molecular weight excluding hydrogens is 272 g/mol. The molecule has 0 N–H and O–H groups in total. The lowest BCUT2D eigenvalue weighted by Crippen LogP contribution is -2.17. The average Bonchev–Trinajstić information content (AvgIpc) is 2.26. The van der Waals surface area contributed by atoms with Gasteiger partial charge in [-0.25, -0.2) is 4.39 Å². The molecule has 2 nitrogen and oxygen atoms in total. The summed E-state index contributed by atoms with van der Waals surface area (Å²) in [5.74, 6) is -1.58. The molecule has 0 fully saturated rings. The number of hydrogen-bond acceptors (Lipinski definition) is 3. The predicted octanol–water partition coefficient (Wildman–Crippen LogP) is 3.68. The fourth-order valence-electron chi connectivity index (χ4n) is 1.24. The van der Waals surface area contributed by atoms with Crippen LogP contribution in [-0.4, -0.2) is 18.1 Å². The lowest BCUT2D eigenvalue weighted by atomic mass is 10.1. The fourth-order valence-corrected chi connectivity index (χ4v) is 1.97. The summed E-state index contributed by atoms with van der Waals surface area (Å²) < 4.78 is 54.3. The molecule has 0 amide bonds. The first kappa shape index (κ1) is 14.8. The van der Waals surface area contributed by atoms with Gasteiger partial charge in [-0.05, 0) is 36.4 Å². The molecule has 7 heteroatoms. The zero-order valence-corrected chi connectivity index (χ0v) is 10.1. The van der Waals surface area contributed by atoms with Crippen molar-refractivity contribution in [2.45, 2.75) is 17.7 Å². The summed E-state index contributed by atoms with van der Waals surface area (Å²) in [6.45, 7) is 1.48. The summed E-state index contributed by atoms with van der Waals surface area (Å²) in [4.78, 5) is 11.5. The van der Waals surface area contributed by atoms with Crippen LogP contribution >= 0.6 is 11.8 Å². The quantitative estimate of drug-likeness (QED) is 0.622. The Kier molecular flexibility index (Phi) is 5.01. The molecule has 1 aromatic carbocycles. The Morgan fingerprint density at radius 3 is 2.33 bits per heavy atom. The van der Waals surface area contributed by atoms with Crippen molar-refractivity contribution in [2.24, 2.45) is 0 Å². The van der Waals surface area contributed by atoms with E-state index in [0.717, 1.165) is 24.3 Å². The lowest BCUT2D eigenvalue weighted by molar-refractivity contribution is -0.142. The number of ether oxygens (including phenoxy) is 1. The van der Waals surface area contributed by atoms with Crippen molar-refractivity contribution in [3.05, 3.63) is 35.6 Å². The molecule has 0 heterocycles. The van der Waals surface area contributed by atoms with E-state index in [1.807, 2.05) is 0 Å². The van der Waals surface area contributed by atoms with Crippen LogP contribution in [-0.2, 0) is 9.53 Å². The number of hydrogen-bond donors (Lipinski definition) is 0. The maximum atomic E-state index is 12.7. The number of halogens is 4. The van der Waals surface area contributed by atoms with Crippen molar-refractivity contribution in [1.29, 1.82) is 0 Å². The van der Waals surface area contributed by atoms with Crippen LogP contribution in [0.3, 0.4) is 0 Å². The summed E-state index contributed by atoms with van der Waals surface area (Å²) in [5, 5.41) is -1.54. The number of esters is 1. The second-order valence-electron chi connectivity index (χ2n) is 3.25. The SMILES string of the molecule is CCOC(=O)[C@H](SC(F)(F)F)c1ccc(F)cc1. The monoisotopic (exact) mass is 282 g/mol. The summed E-state index contributed by atoms with van der Waals surface area (Å²) in [5.41, 5.74) is -4.52. The standard InChI is InChI=1S/C11H10F4O2S/c1-2-17-10(16)9(18-11(13,14)15)7-3-5-8(12)6-4-7/h3-6,9H,2H2,1H3/t9-/m1/s1. The zero-order chi connectivity index (χ0) is 13.8. The van der Waals surface area contributed by atoms with Crippen molar-refractivity contribution in [2.75, 3.05) is 6.61 Å². The Morgan fingerprint density at radius 2 is 1.89 bits per heavy atom. The summed E-state index contributed by atoms with van der Waals surface area (Å²) in [6.07, 6.45) is 0. The molecule has 0 unspecified atom stereocenters. The van der Waals surface area contributed by atoms with Crippen LogP contribution in [0.5, 0.6) is 0 Å². The molecule has 0 saturated carbocycles. The highest BCUT2D eigenvalue weighted by atomic mass is 32.2. The van der Waals surface area contributed by atoms with Gasteiger partial charge in [0, 0.05) is 0 Å². The third-order valence-corrected chi connectivity index (χ3v) is 2.89. The molecule has 100 valence electrons. The molecular formula is C11H10F4O2S. The number of thioether (sulfide) groups is 1. The zero-order valence-electron chi connectivity index (χ0n) is 9.33. The molecule has 0 aliphatic heterocycles. The van der Waals surface area contributed by atoms with Crippen LogP contribution in [0.1, 0.15) is 17.7 Å². The second-order valence-corrected chi connectivity index (χ2v) is 4.42. The minimum absolute atomic E-state index is 0.0189. The van der Waals surface area contributed by atoms with E-state index in [2.05, 4.69) is 4.74 Å². The van der Waals surface area contributed by atoms with E-state index < -0.39 is 34.3 Å². The van der Waals surface area contributed by atoms with Gasteiger partial charge in [-0.1, -0.05) is 12.1 Å². The number of benzene rings is 1. The smallest absolute Gasteiger partial charge is 0.442 e. The molecule has 18 heavy (non-hydrogen) atoms. The highest BCUT2D eigenvalue weighted by molar-refractivity contribution is 8.01. The van der Waals surface area contributed by atoms with Gasteiger partial charge in [-0.2, -0.15) is 13.2 Å². The summed E-state index contributed by atoms with van der Waals surface area (Å²) in [6, 6.07) is 4.27. The third-order valence-electron chi connectivity index (χ3n) is 1.92. The Hall–Kier alpha value is -1.24. The molecule has 1 aromatic rings. The van der Waals surface area contributed by atoms with E-state index in [1.54, 1.807) is 0 Å². The van der Waals surface area contributed by atoms with Crippen molar-refractivity contribution in [1.82, 2.24) is 0 Å². The first-order valence-electron chi connectivity index (χ1n) is 5.00. The van der Waals surface area contributed by atoms with E-state index in [-0.39, 0.29) is 12.2 Å². The third kappa shape index (κ3) is 4.56. The van der Waals surface area contributed by atoms with Gasteiger partial charge in [-0.3, -0.25) is 4.79 Å². The maximum Gasteiger partial charge on any atom is 0.442 e. The van der Waals surface area contributed by atoms with Gasteiger partial charge in [0.25, 0.3) is 0 Å². The number of rotatable bonds is 4. The van der Waals surface area contributed by atoms with Crippen molar-refractivity contribution in [3.63, 3.8) is 0 Å². The molecule has 1 rings (SSSR count). The van der Waals surface area contributed by atoms with E-state index >= 15 is 0 Å². The molecule has 1 atom stereocenters. The largest absolute Gasteiger partial charge is 0.465 e. The number of alkyl halides is 3. The van der Waals surface area contributed by atoms with E-state index in [9.17, 15) is 22.4 Å². The Morgan fingerprint density at radius 1 is 1.33 bits per heavy atom. The van der Waals surface area contributed by atoms with Gasteiger partial charge >= 0.3 is 11.5 Å². The van der Waals surface area contributed by atoms with Crippen LogP contribution in [0.25, 0.3) is 0 Å². The van der Waals surface area contributed by atoms with Crippen LogP contribution < -0.4 is 0 Å². The van der Waals surface area contributed by atoms with Gasteiger partial charge in [0.05, 0.1) is 6.61 Å². The lowest BCUT2D eigenvalue weighted by Gasteiger charge is -2.16. The Balaban J connectivity index is 2.96. The fraction of sp³-hybridized carbons (Fsp3) is 0.364. The minimum Gasteiger partial charge on any atom is -0.465 e. The number of carbonyl (C=O) groups excluding carboxylic acids is 1. The first-order chi connectivity index (χ1) is 8.33. The maximum absolute atomic E-state index is 12.7. The minimum atomic E-state index is -4.58. The normalized spacial score (nSPS) is 13.2. The van der Waals surface area contributed by atoms with Crippen LogP contribution in [0, 0.1) is 5.82 Å². The molecule has 0 aliphatic rings. The highest BCUT2D eigenvalue weighted by Crippen LogP contribution is 2.42. The van der Waals surface area contributed by atoms with Gasteiger partial charge < -0.3 is 4.74 Å².